The van der Waals surface area contributed by atoms with E-state index in [1.165, 1.54) is 0 Å². The van der Waals surface area contributed by atoms with Gasteiger partial charge in [-0.15, -0.1) is 0 Å². The van der Waals surface area contributed by atoms with Gasteiger partial charge >= 0.3 is 0 Å². The van der Waals surface area contributed by atoms with Gasteiger partial charge in [-0.1, -0.05) is 34.8 Å². The molecule has 0 aromatic carbocycles. The lowest BCUT2D eigenvalue weighted by atomic mass is 10.9. The molecule has 5 heteroatoms. The first-order valence-electron chi connectivity index (χ1n) is 1.54. The molecule has 0 aromatic heterocycles. The summed E-state index contributed by atoms with van der Waals surface area (Å²) in [6.07, 6.45) is 0.234. The lowest BCUT2D eigenvalue weighted by molar-refractivity contribution is -0.107. The molecule has 0 saturated heterocycles. The third kappa shape index (κ3) is 16.1. The molecule has 2 nitrogen and oxygen atoms in total. The Balaban J connectivity index is 0. The lowest BCUT2D eigenvalue weighted by Gasteiger charge is -1.93. The van der Waals surface area contributed by atoms with Crippen molar-refractivity contribution in [3.8, 4) is 0 Å². The number of carbonyl (C=O) groups is 1. The highest BCUT2D eigenvalue weighted by atomic mass is 35.6. The molecule has 0 saturated carbocycles. The molecule has 50 valence electrons. The van der Waals surface area contributed by atoms with Crippen LogP contribution in [0.5, 0.6) is 0 Å². The molecule has 0 radical (unpaired) electrons. The second-order valence-corrected chi connectivity index (χ2v) is 3.03. The number of alkyl halides is 3. The molecule has 0 fully saturated rings. The first-order chi connectivity index (χ1) is 3.56. The first-order valence-corrected chi connectivity index (χ1v) is 2.67. The van der Waals surface area contributed by atoms with Crippen molar-refractivity contribution in [1.29, 1.82) is 0 Å². The summed E-state index contributed by atoms with van der Waals surface area (Å²) >= 11 is 14.6. The highest BCUT2D eigenvalue weighted by Gasteiger charge is 2.16. The van der Waals surface area contributed by atoms with E-state index < -0.39 is 3.79 Å². The summed E-state index contributed by atoms with van der Waals surface area (Å²) in [5, 5.41) is 7.00. The highest BCUT2D eigenvalue weighted by molar-refractivity contribution is 6.74. The molecule has 8 heavy (non-hydrogen) atoms. The zero-order chi connectivity index (χ0) is 7.21. The third-order valence-electron chi connectivity index (χ3n) is 0.134. The van der Waals surface area contributed by atoms with Gasteiger partial charge in [-0.25, -0.2) is 0 Å². The fourth-order valence-electron chi connectivity index (χ4n) is 0. The van der Waals surface area contributed by atoms with Crippen molar-refractivity contribution in [2.24, 2.45) is 0 Å². The maximum Gasteiger partial charge on any atom is 0.245 e. The van der Waals surface area contributed by atoms with Crippen molar-refractivity contribution in [2.45, 2.75) is 3.79 Å². The maximum atomic E-state index is 9.43. The molecule has 0 aliphatic carbocycles. The second-order valence-electron chi connectivity index (χ2n) is 0.659. The van der Waals surface area contributed by atoms with E-state index in [0.29, 0.717) is 0 Å². The number of aliphatic hydroxyl groups is 1. The van der Waals surface area contributed by atoms with Crippen LogP contribution >= 0.6 is 34.8 Å². The molecule has 0 aliphatic heterocycles. The molecule has 0 aliphatic rings. The summed E-state index contributed by atoms with van der Waals surface area (Å²) in [7, 11) is 1.00. The van der Waals surface area contributed by atoms with Crippen LogP contribution in [0, 0.1) is 0 Å². The molecule has 1 N–H and O–H groups in total. The summed E-state index contributed by atoms with van der Waals surface area (Å²) in [5.74, 6) is 0. The van der Waals surface area contributed by atoms with Crippen LogP contribution in [0.4, 0.5) is 0 Å². The Kier molecular flexibility index (Phi) is 7.97. The van der Waals surface area contributed by atoms with E-state index in [4.69, 9.17) is 39.9 Å². The van der Waals surface area contributed by atoms with E-state index in [-0.39, 0.29) is 6.29 Å². The van der Waals surface area contributed by atoms with Crippen molar-refractivity contribution in [2.75, 3.05) is 7.11 Å². The minimum atomic E-state index is -1.72. The Labute approximate surface area is 62.3 Å². The fraction of sp³-hybridized carbons (Fsp3) is 0.667. The molecule has 0 aromatic rings. The number of rotatable bonds is 0. The largest absolute Gasteiger partial charge is 0.400 e. The average Bonchev–Trinajstić information content (AvgIpc) is 1.71. The van der Waals surface area contributed by atoms with Gasteiger partial charge in [0.15, 0.2) is 6.29 Å². The molecule has 0 heterocycles. The number of hydrogen-bond donors (Lipinski definition) is 1. The van der Waals surface area contributed by atoms with Crippen molar-refractivity contribution in [3.63, 3.8) is 0 Å². The Morgan fingerprint density at radius 3 is 1.50 bits per heavy atom. The number of hydrogen-bond acceptors (Lipinski definition) is 2. The SMILES string of the molecule is CO.O=CC(Cl)(Cl)Cl. The minimum Gasteiger partial charge on any atom is -0.400 e. The van der Waals surface area contributed by atoms with E-state index in [1.807, 2.05) is 0 Å². The maximum absolute atomic E-state index is 9.43. The predicted molar refractivity (Wildman–Crippen MR) is 34.5 cm³/mol. The van der Waals surface area contributed by atoms with E-state index in [1.54, 1.807) is 0 Å². The van der Waals surface area contributed by atoms with Gasteiger partial charge in [0.25, 0.3) is 0 Å². The Hall–Kier alpha value is 0.500. The zero-order valence-electron chi connectivity index (χ0n) is 4.07. The van der Waals surface area contributed by atoms with Crippen LogP contribution in [0.3, 0.4) is 0 Å². The molecular formula is C3H5Cl3O2. The Bertz CT molecular complexity index is 58.0. The summed E-state index contributed by atoms with van der Waals surface area (Å²) in [4.78, 5) is 9.43. The molecule has 0 spiro atoms. The minimum absolute atomic E-state index is 0.234. The van der Waals surface area contributed by atoms with Crippen molar-refractivity contribution in [3.05, 3.63) is 0 Å². The van der Waals surface area contributed by atoms with E-state index in [2.05, 4.69) is 0 Å². The standard InChI is InChI=1S/C2HCl3O.CH4O/c3-2(4,5)1-6;1-2/h1H;2H,1H3. The third-order valence-corrected chi connectivity index (χ3v) is 0.401. The molecule has 0 bridgehead atoms. The van der Waals surface area contributed by atoms with Gasteiger partial charge < -0.3 is 5.11 Å². The number of aliphatic hydroxyl groups excluding tert-OH is 1. The average molecular weight is 179 g/mol. The summed E-state index contributed by atoms with van der Waals surface area (Å²) < 4.78 is -1.72. The molecular weight excluding hydrogens is 174 g/mol. The van der Waals surface area contributed by atoms with Gasteiger partial charge in [0.2, 0.25) is 3.79 Å². The molecule has 0 unspecified atom stereocenters. The van der Waals surface area contributed by atoms with Gasteiger partial charge in [0, 0.05) is 7.11 Å². The monoisotopic (exact) mass is 178 g/mol. The number of carbonyl (C=O) groups excluding carboxylic acids is 1. The van der Waals surface area contributed by atoms with Crippen LogP contribution in [-0.2, 0) is 4.79 Å². The van der Waals surface area contributed by atoms with Gasteiger partial charge in [0.1, 0.15) is 0 Å². The van der Waals surface area contributed by atoms with Crippen LogP contribution in [0.1, 0.15) is 0 Å². The van der Waals surface area contributed by atoms with E-state index >= 15 is 0 Å². The lowest BCUT2D eigenvalue weighted by Crippen LogP contribution is -2.00. The van der Waals surface area contributed by atoms with Crippen molar-refractivity contribution >= 4 is 41.1 Å². The van der Waals surface area contributed by atoms with E-state index in [9.17, 15) is 4.79 Å². The van der Waals surface area contributed by atoms with Gasteiger partial charge in [0.05, 0.1) is 0 Å². The van der Waals surface area contributed by atoms with E-state index in [0.717, 1.165) is 7.11 Å². The fourth-order valence-corrected chi connectivity index (χ4v) is 0. The summed E-state index contributed by atoms with van der Waals surface area (Å²) in [5.41, 5.74) is 0. The van der Waals surface area contributed by atoms with Crippen LogP contribution in [0.15, 0.2) is 0 Å². The van der Waals surface area contributed by atoms with Gasteiger partial charge in [-0.2, -0.15) is 0 Å². The number of aldehydes is 1. The van der Waals surface area contributed by atoms with Crippen molar-refractivity contribution in [1.82, 2.24) is 0 Å². The molecule has 0 amide bonds. The Morgan fingerprint density at radius 1 is 1.38 bits per heavy atom. The predicted octanol–water partition coefficient (Wildman–Crippen LogP) is 1.16. The highest BCUT2D eigenvalue weighted by Crippen LogP contribution is 2.21. The van der Waals surface area contributed by atoms with Gasteiger partial charge in [-0.05, 0) is 0 Å². The topological polar surface area (TPSA) is 37.3 Å². The van der Waals surface area contributed by atoms with Gasteiger partial charge in [-0.3, -0.25) is 4.79 Å². The summed E-state index contributed by atoms with van der Waals surface area (Å²) in [6, 6.07) is 0. The second kappa shape index (κ2) is 5.63. The van der Waals surface area contributed by atoms with Crippen molar-refractivity contribution < 1.29 is 9.90 Å². The Morgan fingerprint density at radius 2 is 1.50 bits per heavy atom. The first kappa shape index (κ1) is 11.3. The molecule has 0 atom stereocenters. The van der Waals surface area contributed by atoms with Crippen LogP contribution in [-0.4, -0.2) is 22.3 Å². The number of halogens is 3. The zero-order valence-corrected chi connectivity index (χ0v) is 6.33. The normalized spacial score (nSPS) is 9.12. The smallest absolute Gasteiger partial charge is 0.245 e. The quantitative estimate of drug-likeness (QED) is 0.448. The van der Waals surface area contributed by atoms with Crippen LogP contribution in [0.25, 0.3) is 0 Å². The summed E-state index contributed by atoms with van der Waals surface area (Å²) in [6.45, 7) is 0. The van der Waals surface area contributed by atoms with Crippen LogP contribution < -0.4 is 0 Å². The molecule has 0 rings (SSSR count). The van der Waals surface area contributed by atoms with Crippen LogP contribution in [0.2, 0.25) is 0 Å².